The van der Waals surface area contributed by atoms with Gasteiger partial charge in [0.15, 0.2) is 0 Å². The van der Waals surface area contributed by atoms with Crippen LogP contribution in [0.3, 0.4) is 0 Å². The first-order chi connectivity index (χ1) is 16.0. The van der Waals surface area contributed by atoms with Crippen LogP contribution >= 0.6 is 0 Å². The molecule has 0 saturated heterocycles. The second-order valence-electron chi connectivity index (χ2n) is 8.29. The summed E-state index contributed by atoms with van der Waals surface area (Å²) in [4.78, 5) is 12.5. The van der Waals surface area contributed by atoms with Crippen molar-refractivity contribution in [2.24, 2.45) is 0 Å². The highest BCUT2D eigenvalue weighted by Crippen LogP contribution is 2.28. The highest BCUT2D eigenvalue weighted by Gasteiger charge is 2.10. The molecular weight excluding hydrogens is 404 g/mol. The average molecular weight is 433 g/mol. The smallest absolute Gasteiger partial charge is 0.255 e. The third-order valence-corrected chi connectivity index (χ3v) is 5.56. The van der Waals surface area contributed by atoms with Gasteiger partial charge < -0.3 is 10.6 Å². The second-order valence-corrected chi connectivity index (χ2v) is 8.29. The van der Waals surface area contributed by atoms with E-state index in [4.69, 9.17) is 0 Å². The molecule has 0 aliphatic carbocycles. The van der Waals surface area contributed by atoms with Gasteiger partial charge >= 0.3 is 0 Å². The van der Waals surface area contributed by atoms with Gasteiger partial charge in [0.1, 0.15) is 0 Å². The number of nitrogens with one attached hydrogen (secondary N) is 2. The van der Waals surface area contributed by atoms with Gasteiger partial charge in [-0.15, -0.1) is 0 Å². The maximum Gasteiger partial charge on any atom is 0.255 e. The van der Waals surface area contributed by atoms with Gasteiger partial charge in [0.05, 0.1) is 0 Å². The summed E-state index contributed by atoms with van der Waals surface area (Å²) in [6, 6.07) is 34.2. The standard InChI is InChI=1S/C30H28N2O/c1-21(2)29(25-16-14-24(15-17-25)23-10-6-4-7-11-23)32-28-19-18-27(20-22(28)3)31-30(33)26-12-8-5-9-13-26/h4-20,32H,1-3H3,(H,31,33). The van der Waals surface area contributed by atoms with Crippen molar-refractivity contribution in [3.63, 3.8) is 0 Å². The van der Waals surface area contributed by atoms with Crippen LogP contribution in [0.25, 0.3) is 16.8 Å². The molecule has 33 heavy (non-hydrogen) atoms. The molecule has 3 heteroatoms. The van der Waals surface area contributed by atoms with E-state index in [9.17, 15) is 4.79 Å². The predicted octanol–water partition coefficient (Wildman–Crippen LogP) is 7.78. The molecule has 0 unspecified atom stereocenters. The van der Waals surface area contributed by atoms with Crippen molar-refractivity contribution in [3.8, 4) is 11.1 Å². The summed E-state index contributed by atoms with van der Waals surface area (Å²) in [7, 11) is 0. The summed E-state index contributed by atoms with van der Waals surface area (Å²) in [6.45, 7) is 6.26. The molecular formula is C30H28N2O. The molecule has 0 atom stereocenters. The molecule has 4 rings (SSSR count). The number of anilines is 2. The summed E-state index contributed by atoms with van der Waals surface area (Å²) in [6.07, 6.45) is 0. The van der Waals surface area contributed by atoms with E-state index >= 15 is 0 Å². The van der Waals surface area contributed by atoms with Gasteiger partial charge in [0.2, 0.25) is 0 Å². The lowest BCUT2D eigenvalue weighted by molar-refractivity contribution is 0.102. The van der Waals surface area contributed by atoms with E-state index in [0.29, 0.717) is 5.56 Å². The van der Waals surface area contributed by atoms with Gasteiger partial charge in [-0.05, 0) is 73.4 Å². The molecule has 164 valence electrons. The second kappa shape index (κ2) is 10.0. The van der Waals surface area contributed by atoms with Crippen LogP contribution in [0.4, 0.5) is 11.4 Å². The average Bonchev–Trinajstić information content (AvgIpc) is 2.84. The van der Waals surface area contributed by atoms with Gasteiger partial charge in [0, 0.05) is 22.6 Å². The first-order valence-corrected chi connectivity index (χ1v) is 11.1. The number of rotatable bonds is 6. The van der Waals surface area contributed by atoms with Gasteiger partial charge in [0.25, 0.3) is 5.91 Å². The van der Waals surface area contributed by atoms with Crippen molar-refractivity contribution in [2.75, 3.05) is 10.6 Å². The molecule has 0 aliphatic heterocycles. The lowest BCUT2D eigenvalue weighted by atomic mass is 10.0. The van der Waals surface area contributed by atoms with Crippen LogP contribution < -0.4 is 10.6 Å². The van der Waals surface area contributed by atoms with Crippen molar-refractivity contribution < 1.29 is 4.79 Å². The van der Waals surface area contributed by atoms with E-state index in [1.165, 1.54) is 16.7 Å². The quantitative estimate of drug-likeness (QED) is 0.327. The summed E-state index contributed by atoms with van der Waals surface area (Å²) in [5.41, 5.74) is 9.30. The maximum atomic E-state index is 12.5. The number of aryl methyl sites for hydroxylation is 1. The molecule has 4 aromatic rings. The summed E-state index contributed by atoms with van der Waals surface area (Å²) in [5.74, 6) is -0.112. The number of carbonyl (C=O) groups excluding carboxylic acids is 1. The number of allylic oxidation sites excluding steroid dienone is 1. The SMILES string of the molecule is CC(C)=C(Nc1ccc(NC(=O)c2ccccc2)cc1C)c1ccc(-c2ccccc2)cc1. The fraction of sp³-hybridized carbons (Fsp3) is 0.100. The van der Waals surface area contributed by atoms with Crippen molar-refractivity contribution in [1.82, 2.24) is 0 Å². The Kier molecular flexibility index (Phi) is 6.70. The number of benzene rings is 4. The van der Waals surface area contributed by atoms with E-state index in [1.54, 1.807) is 0 Å². The molecule has 0 fully saturated rings. The van der Waals surface area contributed by atoms with Crippen molar-refractivity contribution in [1.29, 1.82) is 0 Å². The number of carbonyl (C=O) groups is 1. The van der Waals surface area contributed by atoms with Crippen molar-refractivity contribution in [3.05, 3.63) is 125 Å². The van der Waals surface area contributed by atoms with Crippen LogP contribution in [0.5, 0.6) is 0 Å². The zero-order valence-electron chi connectivity index (χ0n) is 19.2. The molecule has 0 aliphatic rings. The van der Waals surface area contributed by atoms with Gasteiger partial charge in [-0.2, -0.15) is 0 Å². The van der Waals surface area contributed by atoms with Crippen molar-refractivity contribution >= 4 is 23.0 Å². The molecule has 1 amide bonds. The van der Waals surface area contributed by atoms with E-state index in [1.807, 2.05) is 61.5 Å². The Morgan fingerprint density at radius 3 is 1.85 bits per heavy atom. The van der Waals surface area contributed by atoms with Crippen molar-refractivity contribution in [2.45, 2.75) is 20.8 Å². The Hall–Kier alpha value is -4.11. The van der Waals surface area contributed by atoms with Gasteiger partial charge in [-0.3, -0.25) is 4.79 Å². The Morgan fingerprint density at radius 1 is 0.636 bits per heavy atom. The van der Waals surface area contributed by atoms with Crippen LogP contribution in [0, 0.1) is 6.92 Å². The van der Waals surface area contributed by atoms with Gasteiger partial charge in [-0.25, -0.2) is 0 Å². The summed E-state index contributed by atoms with van der Waals surface area (Å²) < 4.78 is 0. The molecule has 0 spiro atoms. The van der Waals surface area contributed by atoms with Crippen LogP contribution in [0.2, 0.25) is 0 Å². The first kappa shape index (κ1) is 22.1. The molecule has 2 N–H and O–H groups in total. The molecule has 4 aromatic carbocycles. The van der Waals surface area contributed by atoms with E-state index < -0.39 is 0 Å². The van der Waals surface area contributed by atoms with Crippen LogP contribution in [0.15, 0.2) is 109 Å². The summed E-state index contributed by atoms with van der Waals surface area (Å²) in [5, 5.41) is 6.58. The first-order valence-electron chi connectivity index (χ1n) is 11.1. The fourth-order valence-electron chi connectivity index (χ4n) is 3.75. The lowest BCUT2D eigenvalue weighted by Crippen LogP contribution is -2.12. The summed E-state index contributed by atoms with van der Waals surface area (Å²) >= 11 is 0. The lowest BCUT2D eigenvalue weighted by Gasteiger charge is -2.17. The van der Waals surface area contributed by atoms with E-state index in [0.717, 1.165) is 28.2 Å². The normalized spacial score (nSPS) is 10.4. The largest absolute Gasteiger partial charge is 0.355 e. The predicted molar refractivity (Wildman–Crippen MR) is 139 cm³/mol. The zero-order chi connectivity index (χ0) is 23.2. The molecule has 0 aromatic heterocycles. The number of hydrogen-bond acceptors (Lipinski definition) is 2. The Labute approximate surface area is 195 Å². The fourth-order valence-corrected chi connectivity index (χ4v) is 3.75. The Bertz CT molecular complexity index is 1270. The van der Waals surface area contributed by atoms with Gasteiger partial charge in [-0.1, -0.05) is 78.4 Å². The molecule has 0 radical (unpaired) electrons. The van der Waals surface area contributed by atoms with E-state index in [-0.39, 0.29) is 5.91 Å². The molecule has 0 heterocycles. The Balaban J connectivity index is 1.51. The minimum atomic E-state index is -0.112. The van der Waals surface area contributed by atoms with Crippen LogP contribution in [-0.2, 0) is 0 Å². The molecule has 0 saturated carbocycles. The third-order valence-electron chi connectivity index (χ3n) is 5.56. The minimum absolute atomic E-state index is 0.112. The monoisotopic (exact) mass is 432 g/mol. The third kappa shape index (κ3) is 5.39. The van der Waals surface area contributed by atoms with Crippen LogP contribution in [-0.4, -0.2) is 5.91 Å². The maximum absolute atomic E-state index is 12.5. The zero-order valence-corrected chi connectivity index (χ0v) is 19.2. The highest BCUT2D eigenvalue weighted by molar-refractivity contribution is 6.04. The Morgan fingerprint density at radius 2 is 1.24 bits per heavy atom. The van der Waals surface area contributed by atoms with Crippen LogP contribution in [0.1, 0.15) is 35.3 Å². The highest BCUT2D eigenvalue weighted by atomic mass is 16.1. The molecule has 0 bridgehead atoms. The minimum Gasteiger partial charge on any atom is -0.355 e. The number of hydrogen-bond donors (Lipinski definition) is 2. The molecule has 3 nitrogen and oxygen atoms in total. The topological polar surface area (TPSA) is 41.1 Å². The van der Waals surface area contributed by atoms with E-state index in [2.05, 4.69) is 73.0 Å². The number of amides is 1.